The fourth-order valence-electron chi connectivity index (χ4n) is 2.53. The molecule has 1 saturated heterocycles. The molecule has 4 N–H and O–H groups in total. The Morgan fingerprint density at radius 2 is 2.13 bits per heavy atom. The van der Waals surface area contributed by atoms with Gasteiger partial charge in [0.2, 0.25) is 0 Å². The van der Waals surface area contributed by atoms with Gasteiger partial charge in [0.05, 0.1) is 13.3 Å². The van der Waals surface area contributed by atoms with Crippen molar-refractivity contribution in [3.05, 3.63) is 23.2 Å². The zero-order valence-electron chi connectivity index (χ0n) is 12.8. The first-order valence-corrected chi connectivity index (χ1v) is 7.64. The Hall–Kier alpha value is -2.22. The summed E-state index contributed by atoms with van der Waals surface area (Å²) in [5.74, 6) is -0.760. The Balaban J connectivity index is 2.13. The number of carbonyl (C=O) groups excluding carboxylic acids is 2. The first kappa shape index (κ1) is 17.1. The minimum Gasteiger partial charge on any atom is -0.462 e. The standard InChI is InChI=1S/C15H21FN4O3/c16-4-1-7-23-15(22)11(9-17)14-19-12(8-13(21)20-14)10-2-5-18-6-3-10/h8-10,17-19H,1-7H2,(H,20,21)/b14-11-,17-9?. The molecule has 2 rings (SSSR count). The molecule has 1 fully saturated rings. The summed E-state index contributed by atoms with van der Waals surface area (Å²) in [5, 5.41) is 16.2. The van der Waals surface area contributed by atoms with Gasteiger partial charge in [-0.25, -0.2) is 4.79 Å². The van der Waals surface area contributed by atoms with Crippen LogP contribution < -0.4 is 16.0 Å². The summed E-state index contributed by atoms with van der Waals surface area (Å²) in [4.78, 5) is 23.8. The van der Waals surface area contributed by atoms with Crippen molar-refractivity contribution in [2.45, 2.75) is 19.3 Å². The second-order valence-electron chi connectivity index (χ2n) is 5.35. The zero-order valence-corrected chi connectivity index (χ0v) is 12.8. The van der Waals surface area contributed by atoms with Crippen molar-refractivity contribution >= 4 is 18.1 Å². The molecule has 0 saturated carbocycles. The third-order valence-corrected chi connectivity index (χ3v) is 3.73. The van der Waals surface area contributed by atoms with Crippen molar-refractivity contribution in [2.24, 2.45) is 5.92 Å². The molecule has 0 aromatic rings. The molecule has 8 heteroatoms. The van der Waals surface area contributed by atoms with Crippen LogP contribution in [0.3, 0.4) is 0 Å². The molecule has 0 bridgehead atoms. The zero-order chi connectivity index (χ0) is 16.7. The predicted molar refractivity (Wildman–Crippen MR) is 82.3 cm³/mol. The number of hydrogen-bond acceptors (Lipinski definition) is 6. The lowest BCUT2D eigenvalue weighted by molar-refractivity contribution is -0.138. The minimum atomic E-state index is -0.761. The fraction of sp³-hybridized carbons (Fsp3) is 0.533. The van der Waals surface area contributed by atoms with Crippen molar-refractivity contribution < 1.29 is 18.7 Å². The van der Waals surface area contributed by atoms with E-state index in [0.29, 0.717) is 0 Å². The number of allylic oxidation sites excluding steroid dienone is 1. The maximum atomic E-state index is 12.1. The molecule has 2 aliphatic heterocycles. The van der Waals surface area contributed by atoms with Crippen molar-refractivity contribution in [2.75, 3.05) is 26.4 Å². The van der Waals surface area contributed by atoms with E-state index in [0.717, 1.165) is 37.8 Å². The average molecular weight is 324 g/mol. The van der Waals surface area contributed by atoms with Crippen molar-refractivity contribution in [1.29, 1.82) is 5.41 Å². The van der Waals surface area contributed by atoms with Crippen LogP contribution in [-0.4, -0.2) is 44.5 Å². The van der Waals surface area contributed by atoms with Crippen LogP contribution in [0.2, 0.25) is 0 Å². The summed E-state index contributed by atoms with van der Waals surface area (Å²) in [6.45, 7) is 1.09. The van der Waals surface area contributed by atoms with Gasteiger partial charge >= 0.3 is 5.97 Å². The van der Waals surface area contributed by atoms with E-state index < -0.39 is 12.6 Å². The van der Waals surface area contributed by atoms with E-state index in [-0.39, 0.29) is 36.2 Å². The molecule has 2 heterocycles. The van der Waals surface area contributed by atoms with Gasteiger partial charge in [-0.05, 0) is 25.9 Å². The maximum absolute atomic E-state index is 12.1. The predicted octanol–water partition coefficient (Wildman–Crippen LogP) is 0.353. The fourth-order valence-corrected chi connectivity index (χ4v) is 2.53. The minimum absolute atomic E-state index is 0.0646. The van der Waals surface area contributed by atoms with E-state index in [1.54, 1.807) is 0 Å². The summed E-state index contributed by atoms with van der Waals surface area (Å²) < 4.78 is 17.0. The van der Waals surface area contributed by atoms with Crippen LogP contribution in [0.25, 0.3) is 0 Å². The second kappa shape index (κ2) is 8.42. The summed E-state index contributed by atoms with van der Waals surface area (Å²) in [5.41, 5.74) is 0.651. The smallest absolute Gasteiger partial charge is 0.343 e. The van der Waals surface area contributed by atoms with Gasteiger partial charge in [0, 0.05) is 30.3 Å². The summed E-state index contributed by atoms with van der Waals surface area (Å²) >= 11 is 0. The van der Waals surface area contributed by atoms with Crippen LogP contribution in [0.4, 0.5) is 4.39 Å². The monoisotopic (exact) mass is 324 g/mol. The lowest BCUT2D eigenvalue weighted by atomic mass is 9.93. The van der Waals surface area contributed by atoms with Crippen LogP contribution >= 0.6 is 0 Å². The molecule has 2 aliphatic rings. The molecule has 0 aromatic carbocycles. The number of nitrogens with one attached hydrogen (secondary N) is 4. The Bertz CT molecular complexity index is 539. The molecule has 1 amide bonds. The van der Waals surface area contributed by atoms with Crippen LogP contribution in [0, 0.1) is 11.3 Å². The number of carbonyl (C=O) groups is 2. The number of halogens is 1. The second-order valence-corrected chi connectivity index (χ2v) is 5.35. The SMILES string of the molecule is N=C/C(C(=O)OCCCF)=C1/NC(=O)C=C(C2CCNCC2)N1. The molecule has 126 valence electrons. The Morgan fingerprint density at radius 3 is 2.78 bits per heavy atom. The molecule has 7 nitrogen and oxygen atoms in total. The van der Waals surface area contributed by atoms with Crippen molar-refractivity contribution in [3.63, 3.8) is 0 Å². The van der Waals surface area contributed by atoms with Gasteiger partial charge in [0.25, 0.3) is 5.91 Å². The van der Waals surface area contributed by atoms with E-state index in [9.17, 15) is 14.0 Å². The number of ether oxygens (including phenoxy) is 1. The number of piperidine rings is 1. The van der Waals surface area contributed by atoms with Crippen LogP contribution in [-0.2, 0) is 14.3 Å². The number of rotatable bonds is 6. The van der Waals surface area contributed by atoms with E-state index >= 15 is 0 Å². The molecule has 23 heavy (non-hydrogen) atoms. The highest BCUT2D eigenvalue weighted by atomic mass is 19.1. The van der Waals surface area contributed by atoms with E-state index in [4.69, 9.17) is 10.1 Å². The summed E-state index contributed by atoms with van der Waals surface area (Å²) in [7, 11) is 0. The normalized spacial score (nSPS) is 20.9. The number of amides is 1. The Kier molecular flexibility index (Phi) is 6.28. The summed E-state index contributed by atoms with van der Waals surface area (Å²) in [6, 6.07) is 0. The first-order chi connectivity index (χ1) is 11.2. The van der Waals surface area contributed by atoms with Gasteiger partial charge in [0.1, 0.15) is 11.4 Å². The van der Waals surface area contributed by atoms with Gasteiger partial charge in [-0.15, -0.1) is 0 Å². The molecule has 0 aliphatic carbocycles. The van der Waals surface area contributed by atoms with Gasteiger partial charge in [-0.1, -0.05) is 0 Å². The van der Waals surface area contributed by atoms with Gasteiger partial charge in [-0.2, -0.15) is 0 Å². The number of esters is 1. The Labute approximate surface area is 133 Å². The third-order valence-electron chi connectivity index (χ3n) is 3.73. The number of hydrogen-bond donors (Lipinski definition) is 4. The van der Waals surface area contributed by atoms with Crippen LogP contribution in [0.15, 0.2) is 23.2 Å². The molecule has 0 atom stereocenters. The van der Waals surface area contributed by atoms with Gasteiger partial charge in [0.15, 0.2) is 0 Å². The van der Waals surface area contributed by atoms with Gasteiger partial charge in [-0.3, -0.25) is 9.18 Å². The van der Waals surface area contributed by atoms with Crippen molar-refractivity contribution in [1.82, 2.24) is 16.0 Å². The average Bonchev–Trinajstić information content (AvgIpc) is 2.56. The molecular weight excluding hydrogens is 303 g/mol. The molecule has 0 unspecified atom stereocenters. The number of alkyl halides is 1. The first-order valence-electron chi connectivity index (χ1n) is 7.64. The molecule has 0 radical (unpaired) electrons. The highest BCUT2D eigenvalue weighted by Gasteiger charge is 2.26. The van der Waals surface area contributed by atoms with E-state index in [1.165, 1.54) is 6.08 Å². The van der Waals surface area contributed by atoms with Gasteiger partial charge < -0.3 is 26.1 Å². The third kappa shape index (κ3) is 4.62. The largest absolute Gasteiger partial charge is 0.462 e. The van der Waals surface area contributed by atoms with E-state index in [2.05, 4.69) is 16.0 Å². The van der Waals surface area contributed by atoms with Crippen LogP contribution in [0.5, 0.6) is 0 Å². The highest BCUT2D eigenvalue weighted by Crippen LogP contribution is 2.22. The molecular formula is C15H21FN4O3. The Morgan fingerprint density at radius 1 is 1.39 bits per heavy atom. The maximum Gasteiger partial charge on any atom is 0.343 e. The summed E-state index contributed by atoms with van der Waals surface area (Å²) in [6.07, 6.45) is 4.19. The topological polar surface area (TPSA) is 103 Å². The lowest BCUT2D eigenvalue weighted by Crippen LogP contribution is -2.42. The van der Waals surface area contributed by atoms with Crippen molar-refractivity contribution in [3.8, 4) is 0 Å². The quantitative estimate of drug-likeness (QED) is 0.244. The van der Waals surface area contributed by atoms with Crippen LogP contribution in [0.1, 0.15) is 19.3 Å². The molecule has 0 aromatic heterocycles. The lowest BCUT2D eigenvalue weighted by Gasteiger charge is -2.29. The van der Waals surface area contributed by atoms with E-state index in [1.807, 2.05) is 0 Å². The highest BCUT2D eigenvalue weighted by molar-refractivity contribution is 6.10. The molecule has 0 spiro atoms.